The number of allylic oxidation sites excluding steroid dienone is 1. The maximum Gasteiger partial charge on any atom is 1.00 e. The van der Waals surface area contributed by atoms with E-state index in [0.29, 0.717) is 0 Å². The van der Waals surface area contributed by atoms with E-state index in [4.69, 9.17) is 0 Å². The summed E-state index contributed by atoms with van der Waals surface area (Å²) in [4.78, 5) is 0. The van der Waals surface area contributed by atoms with Gasteiger partial charge in [0, 0.05) is 0 Å². The number of benzene rings is 1. The second kappa shape index (κ2) is 5.97. The topological polar surface area (TPSA) is 23.1 Å². The molecule has 0 atom stereocenters. The standard InChI is InChI=1S/C9H10O.K/c1-2-3-8-4-6-9(10)7-5-8;/h2,4-7,10H,1,3H2;/q;+1/p-1. The van der Waals surface area contributed by atoms with Crippen molar-refractivity contribution in [3.8, 4) is 5.75 Å². The molecule has 0 aromatic heterocycles. The summed E-state index contributed by atoms with van der Waals surface area (Å²) in [5.41, 5.74) is 1.13. The van der Waals surface area contributed by atoms with Crippen molar-refractivity contribution in [2.45, 2.75) is 6.42 Å². The normalized spacial score (nSPS) is 8.36. The molecule has 0 N–H and O–H groups in total. The molecule has 0 saturated heterocycles. The molecule has 1 aromatic carbocycles. The zero-order valence-electron chi connectivity index (χ0n) is 6.71. The summed E-state index contributed by atoms with van der Waals surface area (Å²) in [6.45, 7) is 3.60. The first-order chi connectivity index (χ1) is 4.83. The van der Waals surface area contributed by atoms with E-state index in [2.05, 4.69) is 6.58 Å². The molecule has 0 aliphatic rings. The van der Waals surface area contributed by atoms with Crippen LogP contribution in [-0.4, -0.2) is 0 Å². The third kappa shape index (κ3) is 4.08. The molecular weight excluding hydrogens is 163 g/mol. The molecule has 0 unspecified atom stereocenters. The van der Waals surface area contributed by atoms with Crippen molar-refractivity contribution in [2.24, 2.45) is 0 Å². The molecule has 1 rings (SSSR count). The van der Waals surface area contributed by atoms with Crippen LogP contribution in [0.1, 0.15) is 5.56 Å². The summed E-state index contributed by atoms with van der Waals surface area (Å²) in [5.74, 6) is 0.0628. The van der Waals surface area contributed by atoms with Crippen LogP contribution in [-0.2, 0) is 6.42 Å². The number of hydrogen-bond donors (Lipinski definition) is 0. The predicted octanol–water partition coefficient (Wildman–Crippen LogP) is -1.51. The fourth-order valence-electron chi connectivity index (χ4n) is 0.792. The van der Waals surface area contributed by atoms with Gasteiger partial charge in [-0.1, -0.05) is 30.3 Å². The van der Waals surface area contributed by atoms with Crippen molar-refractivity contribution in [1.29, 1.82) is 0 Å². The smallest absolute Gasteiger partial charge is 0.872 e. The zero-order chi connectivity index (χ0) is 7.40. The van der Waals surface area contributed by atoms with Crippen molar-refractivity contribution in [3.63, 3.8) is 0 Å². The van der Waals surface area contributed by atoms with Gasteiger partial charge in [0.05, 0.1) is 0 Å². The first-order valence-electron chi connectivity index (χ1n) is 3.20. The van der Waals surface area contributed by atoms with Gasteiger partial charge in [0.1, 0.15) is 0 Å². The average Bonchev–Trinajstić information content (AvgIpc) is 1.95. The fourth-order valence-corrected chi connectivity index (χ4v) is 0.792. The Morgan fingerprint density at radius 3 is 2.27 bits per heavy atom. The van der Waals surface area contributed by atoms with Crippen LogP contribution in [0.2, 0.25) is 0 Å². The average molecular weight is 172 g/mol. The molecule has 1 nitrogen and oxygen atoms in total. The molecule has 0 saturated carbocycles. The molecule has 11 heavy (non-hydrogen) atoms. The predicted molar refractivity (Wildman–Crippen MR) is 39.8 cm³/mol. The van der Waals surface area contributed by atoms with Gasteiger partial charge in [0.2, 0.25) is 0 Å². The van der Waals surface area contributed by atoms with Gasteiger partial charge in [-0.15, -0.1) is 12.3 Å². The van der Waals surface area contributed by atoms with Gasteiger partial charge in [-0.2, -0.15) is 0 Å². The van der Waals surface area contributed by atoms with Crippen LogP contribution < -0.4 is 56.5 Å². The van der Waals surface area contributed by atoms with Gasteiger partial charge in [-0.25, -0.2) is 0 Å². The van der Waals surface area contributed by atoms with Gasteiger partial charge < -0.3 is 5.11 Å². The molecule has 0 heterocycles. The molecule has 0 bridgehead atoms. The van der Waals surface area contributed by atoms with E-state index >= 15 is 0 Å². The van der Waals surface area contributed by atoms with E-state index in [1.165, 1.54) is 0 Å². The Bertz CT molecular complexity index is 216. The summed E-state index contributed by atoms with van der Waals surface area (Å²) in [5, 5.41) is 10.6. The Morgan fingerprint density at radius 2 is 1.82 bits per heavy atom. The van der Waals surface area contributed by atoms with Crippen LogP contribution in [0.3, 0.4) is 0 Å². The van der Waals surface area contributed by atoms with Crippen molar-refractivity contribution >= 4 is 0 Å². The summed E-state index contributed by atoms with van der Waals surface area (Å²) < 4.78 is 0. The van der Waals surface area contributed by atoms with Gasteiger partial charge in [0.15, 0.2) is 0 Å². The van der Waals surface area contributed by atoms with Gasteiger partial charge in [0.25, 0.3) is 0 Å². The van der Waals surface area contributed by atoms with E-state index < -0.39 is 0 Å². The monoisotopic (exact) mass is 172 g/mol. The summed E-state index contributed by atoms with van der Waals surface area (Å²) in [6.07, 6.45) is 2.65. The van der Waals surface area contributed by atoms with Gasteiger partial charge in [-0.3, -0.25) is 0 Å². The fraction of sp³-hybridized carbons (Fsp3) is 0.111. The zero-order valence-corrected chi connectivity index (χ0v) is 9.83. The minimum absolute atomic E-state index is 0. The Kier molecular flexibility index (Phi) is 6.19. The molecule has 0 aliphatic heterocycles. The SMILES string of the molecule is C=CCc1ccc([O-])cc1.[K+]. The first-order valence-corrected chi connectivity index (χ1v) is 3.20. The molecule has 0 amide bonds. The molecule has 0 radical (unpaired) electrons. The van der Waals surface area contributed by atoms with E-state index in [9.17, 15) is 5.11 Å². The minimum atomic E-state index is 0. The maximum absolute atomic E-state index is 10.6. The van der Waals surface area contributed by atoms with E-state index in [0.717, 1.165) is 12.0 Å². The second-order valence-electron chi connectivity index (χ2n) is 2.14. The Balaban J connectivity index is 0.000001000. The Hall–Kier alpha value is 0.396. The number of hydrogen-bond acceptors (Lipinski definition) is 1. The van der Waals surface area contributed by atoms with Crippen LogP contribution in [0.25, 0.3) is 0 Å². The first kappa shape index (κ1) is 11.4. The summed E-state index contributed by atoms with van der Waals surface area (Å²) in [6, 6.07) is 6.78. The van der Waals surface area contributed by atoms with E-state index in [-0.39, 0.29) is 57.1 Å². The second-order valence-corrected chi connectivity index (χ2v) is 2.14. The van der Waals surface area contributed by atoms with Crippen molar-refractivity contribution < 1.29 is 56.5 Å². The van der Waals surface area contributed by atoms with E-state index in [1.54, 1.807) is 12.1 Å². The van der Waals surface area contributed by atoms with E-state index in [1.807, 2.05) is 18.2 Å². The van der Waals surface area contributed by atoms with Gasteiger partial charge >= 0.3 is 51.4 Å². The van der Waals surface area contributed by atoms with Crippen LogP contribution in [0.15, 0.2) is 36.9 Å². The summed E-state index contributed by atoms with van der Waals surface area (Å²) >= 11 is 0. The minimum Gasteiger partial charge on any atom is -0.872 e. The van der Waals surface area contributed by atoms with Crippen LogP contribution in [0.4, 0.5) is 0 Å². The summed E-state index contributed by atoms with van der Waals surface area (Å²) in [7, 11) is 0. The molecule has 0 aliphatic carbocycles. The van der Waals surface area contributed by atoms with Crippen LogP contribution in [0.5, 0.6) is 5.75 Å². The quantitative estimate of drug-likeness (QED) is 0.393. The van der Waals surface area contributed by atoms with Crippen LogP contribution >= 0.6 is 0 Å². The molecule has 0 spiro atoms. The van der Waals surface area contributed by atoms with Crippen molar-refractivity contribution in [1.82, 2.24) is 0 Å². The maximum atomic E-state index is 10.6. The molecular formula is C9H9KO. The van der Waals surface area contributed by atoms with Crippen LogP contribution in [0, 0.1) is 0 Å². The Morgan fingerprint density at radius 1 is 1.27 bits per heavy atom. The number of rotatable bonds is 2. The molecule has 52 valence electrons. The Labute approximate surface area is 110 Å². The van der Waals surface area contributed by atoms with Crippen molar-refractivity contribution in [3.05, 3.63) is 42.5 Å². The third-order valence-corrected chi connectivity index (χ3v) is 1.30. The third-order valence-electron chi connectivity index (χ3n) is 1.30. The molecule has 2 heteroatoms. The molecule has 1 aromatic rings. The van der Waals surface area contributed by atoms with Crippen molar-refractivity contribution in [2.75, 3.05) is 0 Å². The van der Waals surface area contributed by atoms with Gasteiger partial charge in [-0.05, 0) is 12.0 Å². The molecule has 0 fully saturated rings. The largest absolute Gasteiger partial charge is 1.00 e.